The van der Waals surface area contributed by atoms with Gasteiger partial charge in [-0.1, -0.05) is 0 Å². The lowest BCUT2D eigenvalue weighted by molar-refractivity contribution is -0.127. The van der Waals surface area contributed by atoms with Crippen LogP contribution in [0.25, 0.3) is 5.70 Å². The fourth-order valence-electron chi connectivity index (χ4n) is 4.63. The highest BCUT2D eigenvalue weighted by Crippen LogP contribution is 2.40. The SMILES string of the molecule is COc1cc2c(cc1OC)C1=C(C#N)CN(CCCN3CCCC3=O)CN1CC2. The quantitative estimate of drug-likeness (QED) is 0.733. The lowest BCUT2D eigenvalue weighted by Crippen LogP contribution is -2.46. The second-order valence-corrected chi connectivity index (χ2v) is 7.85. The molecule has 7 heteroatoms. The first-order valence-corrected chi connectivity index (χ1v) is 10.3. The molecule has 1 amide bonds. The molecule has 3 aliphatic rings. The summed E-state index contributed by atoms with van der Waals surface area (Å²) >= 11 is 0. The van der Waals surface area contributed by atoms with Gasteiger partial charge in [0.15, 0.2) is 11.5 Å². The number of likely N-dealkylation sites (tertiary alicyclic amines) is 1. The third kappa shape index (κ3) is 3.77. The number of nitrogens with zero attached hydrogens (tertiary/aromatic N) is 4. The second kappa shape index (κ2) is 8.34. The van der Waals surface area contributed by atoms with Gasteiger partial charge >= 0.3 is 0 Å². The average molecular weight is 396 g/mol. The van der Waals surface area contributed by atoms with Gasteiger partial charge < -0.3 is 19.3 Å². The van der Waals surface area contributed by atoms with Crippen LogP contribution in [-0.4, -0.2) is 74.2 Å². The molecule has 0 N–H and O–H groups in total. The summed E-state index contributed by atoms with van der Waals surface area (Å²) in [6.07, 6.45) is 3.52. The molecule has 0 spiro atoms. The van der Waals surface area contributed by atoms with Crippen LogP contribution in [0.5, 0.6) is 11.5 Å². The standard InChI is InChI=1S/C22H28N4O3/c1-28-19-11-16-6-10-26-15-24(7-4-9-25-8-3-5-21(25)27)14-17(13-23)22(26)18(16)12-20(19)29-2/h11-12H,3-10,14-15H2,1-2H3. The molecule has 4 rings (SSSR count). The van der Waals surface area contributed by atoms with Gasteiger partial charge in [-0.25, -0.2) is 0 Å². The number of hydrogen-bond donors (Lipinski definition) is 0. The summed E-state index contributed by atoms with van der Waals surface area (Å²) in [6.45, 7) is 4.92. The molecule has 3 heterocycles. The smallest absolute Gasteiger partial charge is 0.222 e. The molecule has 0 atom stereocenters. The van der Waals surface area contributed by atoms with E-state index in [1.807, 2.05) is 17.0 Å². The minimum atomic E-state index is 0.278. The van der Waals surface area contributed by atoms with Crippen LogP contribution >= 0.6 is 0 Å². The minimum Gasteiger partial charge on any atom is -0.493 e. The molecule has 3 aliphatic heterocycles. The monoisotopic (exact) mass is 396 g/mol. The summed E-state index contributed by atoms with van der Waals surface area (Å²) in [6, 6.07) is 6.47. The van der Waals surface area contributed by atoms with Crippen LogP contribution in [0, 0.1) is 11.3 Å². The first-order chi connectivity index (χ1) is 14.1. The molecule has 0 aromatic heterocycles. The molecular formula is C22H28N4O3. The van der Waals surface area contributed by atoms with E-state index in [-0.39, 0.29) is 5.91 Å². The molecule has 7 nitrogen and oxygen atoms in total. The first-order valence-electron chi connectivity index (χ1n) is 10.3. The summed E-state index contributed by atoms with van der Waals surface area (Å²) in [5.74, 6) is 1.70. The summed E-state index contributed by atoms with van der Waals surface area (Å²) in [4.78, 5) is 18.4. The zero-order valence-corrected chi connectivity index (χ0v) is 17.2. The van der Waals surface area contributed by atoms with Crippen molar-refractivity contribution in [1.82, 2.24) is 14.7 Å². The lowest BCUT2D eigenvalue weighted by Gasteiger charge is -2.42. The van der Waals surface area contributed by atoms with E-state index in [2.05, 4.69) is 15.9 Å². The van der Waals surface area contributed by atoms with Gasteiger partial charge in [0.1, 0.15) is 0 Å². The second-order valence-electron chi connectivity index (χ2n) is 7.85. The van der Waals surface area contributed by atoms with Gasteiger partial charge in [-0.05, 0) is 37.0 Å². The number of amides is 1. The van der Waals surface area contributed by atoms with Gasteiger partial charge in [0.25, 0.3) is 0 Å². The maximum Gasteiger partial charge on any atom is 0.222 e. The number of fused-ring (bicyclic) bond motifs is 3. The molecule has 1 aromatic rings. The number of benzene rings is 1. The van der Waals surface area contributed by atoms with Crippen molar-refractivity contribution >= 4 is 11.6 Å². The normalized spacial score (nSPS) is 19.1. The topological polar surface area (TPSA) is 69.0 Å². The molecule has 0 bridgehead atoms. The van der Waals surface area contributed by atoms with Crippen molar-refractivity contribution in [3.63, 3.8) is 0 Å². The van der Waals surface area contributed by atoms with Crippen LogP contribution in [0.3, 0.4) is 0 Å². The predicted octanol–water partition coefficient (Wildman–Crippen LogP) is 2.08. The van der Waals surface area contributed by atoms with Crippen LogP contribution in [0.15, 0.2) is 17.7 Å². The highest BCUT2D eigenvalue weighted by Gasteiger charge is 2.31. The summed E-state index contributed by atoms with van der Waals surface area (Å²) in [5, 5.41) is 9.86. The maximum atomic E-state index is 11.8. The van der Waals surface area contributed by atoms with Crippen molar-refractivity contribution in [2.24, 2.45) is 0 Å². The Bertz CT molecular complexity index is 874. The third-order valence-electron chi connectivity index (χ3n) is 6.08. The molecule has 0 saturated carbocycles. The van der Waals surface area contributed by atoms with Gasteiger partial charge in [0.05, 0.1) is 38.2 Å². The molecule has 154 valence electrons. The number of rotatable bonds is 6. The van der Waals surface area contributed by atoms with Gasteiger partial charge in [-0.15, -0.1) is 0 Å². The Labute approximate surface area is 172 Å². The van der Waals surface area contributed by atoms with Gasteiger partial charge in [0, 0.05) is 44.7 Å². The van der Waals surface area contributed by atoms with E-state index >= 15 is 0 Å². The predicted molar refractivity (Wildman–Crippen MR) is 109 cm³/mol. The number of nitriles is 1. The zero-order chi connectivity index (χ0) is 20.4. The van der Waals surface area contributed by atoms with Gasteiger partial charge in [-0.3, -0.25) is 9.69 Å². The number of carbonyl (C=O) groups is 1. The van der Waals surface area contributed by atoms with E-state index in [1.54, 1.807) is 14.2 Å². The van der Waals surface area contributed by atoms with Crippen molar-refractivity contribution in [3.05, 3.63) is 28.8 Å². The Morgan fingerprint density at radius 1 is 1.10 bits per heavy atom. The third-order valence-corrected chi connectivity index (χ3v) is 6.08. The largest absolute Gasteiger partial charge is 0.493 e. The van der Waals surface area contributed by atoms with Crippen molar-refractivity contribution in [3.8, 4) is 17.6 Å². The van der Waals surface area contributed by atoms with Gasteiger partial charge in [-0.2, -0.15) is 5.26 Å². The maximum absolute atomic E-state index is 11.8. The molecule has 0 aliphatic carbocycles. The summed E-state index contributed by atoms with van der Waals surface area (Å²) in [5.41, 5.74) is 4.10. The highest BCUT2D eigenvalue weighted by atomic mass is 16.5. The van der Waals surface area contributed by atoms with E-state index in [1.165, 1.54) is 5.56 Å². The van der Waals surface area contributed by atoms with E-state index in [0.717, 1.165) is 74.7 Å². The highest BCUT2D eigenvalue weighted by molar-refractivity contribution is 5.78. The average Bonchev–Trinajstić information content (AvgIpc) is 3.16. The number of hydrogen-bond acceptors (Lipinski definition) is 6. The minimum absolute atomic E-state index is 0.278. The van der Waals surface area contributed by atoms with E-state index in [4.69, 9.17) is 9.47 Å². The molecular weight excluding hydrogens is 368 g/mol. The molecule has 0 unspecified atom stereocenters. The van der Waals surface area contributed by atoms with Crippen LogP contribution < -0.4 is 9.47 Å². The Morgan fingerprint density at radius 3 is 2.59 bits per heavy atom. The Balaban J connectivity index is 1.52. The van der Waals surface area contributed by atoms with Crippen LogP contribution in [0.2, 0.25) is 0 Å². The number of carbonyl (C=O) groups excluding carboxylic acids is 1. The van der Waals surface area contributed by atoms with Crippen molar-refractivity contribution in [2.45, 2.75) is 25.7 Å². The van der Waals surface area contributed by atoms with Crippen LogP contribution in [0.1, 0.15) is 30.4 Å². The molecule has 0 radical (unpaired) electrons. The van der Waals surface area contributed by atoms with E-state index in [9.17, 15) is 10.1 Å². The molecule has 1 aromatic carbocycles. The van der Waals surface area contributed by atoms with E-state index < -0.39 is 0 Å². The Morgan fingerprint density at radius 2 is 1.90 bits per heavy atom. The van der Waals surface area contributed by atoms with Crippen LogP contribution in [0.4, 0.5) is 0 Å². The fourth-order valence-corrected chi connectivity index (χ4v) is 4.63. The van der Waals surface area contributed by atoms with Gasteiger partial charge in [0.2, 0.25) is 5.91 Å². The van der Waals surface area contributed by atoms with E-state index in [0.29, 0.717) is 18.7 Å². The Kier molecular flexibility index (Phi) is 5.63. The van der Waals surface area contributed by atoms with Crippen molar-refractivity contribution in [2.75, 3.05) is 53.6 Å². The summed E-state index contributed by atoms with van der Waals surface area (Å²) < 4.78 is 10.9. The van der Waals surface area contributed by atoms with Crippen molar-refractivity contribution < 1.29 is 14.3 Å². The lowest BCUT2D eigenvalue weighted by atomic mass is 9.92. The molecule has 29 heavy (non-hydrogen) atoms. The number of methoxy groups -OCH3 is 2. The Hall–Kier alpha value is -2.72. The molecule has 1 fully saturated rings. The zero-order valence-electron chi connectivity index (χ0n) is 17.2. The number of ether oxygens (including phenoxy) is 2. The first kappa shape index (κ1) is 19.6. The summed E-state index contributed by atoms with van der Waals surface area (Å²) in [7, 11) is 3.28. The molecule has 1 saturated heterocycles. The van der Waals surface area contributed by atoms with Crippen molar-refractivity contribution in [1.29, 1.82) is 5.26 Å². The fraction of sp³-hybridized carbons (Fsp3) is 0.545. The van der Waals surface area contributed by atoms with Crippen LogP contribution in [-0.2, 0) is 11.2 Å².